The van der Waals surface area contributed by atoms with Gasteiger partial charge in [-0.3, -0.25) is 4.90 Å². The molecule has 2 rings (SSSR count). The first kappa shape index (κ1) is 12.1. The standard InChI is InChI=1S/C12H17NO4/c1-8-6-13(5-4-10(8)14)7-9-2-3-11(17-9)12(15)16/h2-3,8,10,14H,4-7H2,1H3,(H,15,16). The predicted molar refractivity (Wildman–Crippen MR) is 60.7 cm³/mol. The average Bonchev–Trinajstić information content (AvgIpc) is 2.72. The molecule has 0 saturated carbocycles. The van der Waals surface area contributed by atoms with Crippen molar-refractivity contribution in [3.63, 3.8) is 0 Å². The largest absolute Gasteiger partial charge is 0.475 e. The molecule has 0 spiro atoms. The summed E-state index contributed by atoms with van der Waals surface area (Å²) < 4.78 is 5.21. The second kappa shape index (κ2) is 4.89. The van der Waals surface area contributed by atoms with E-state index in [4.69, 9.17) is 9.52 Å². The van der Waals surface area contributed by atoms with Gasteiger partial charge in [-0.15, -0.1) is 0 Å². The highest BCUT2D eigenvalue weighted by atomic mass is 16.4. The molecule has 1 aromatic heterocycles. The summed E-state index contributed by atoms with van der Waals surface area (Å²) in [6, 6.07) is 3.17. The van der Waals surface area contributed by atoms with Gasteiger partial charge in [-0.25, -0.2) is 4.79 Å². The fourth-order valence-electron chi connectivity index (χ4n) is 2.16. The van der Waals surface area contributed by atoms with E-state index in [2.05, 4.69) is 4.90 Å². The van der Waals surface area contributed by atoms with Crippen LogP contribution in [0.4, 0.5) is 0 Å². The van der Waals surface area contributed by atoms with Crippen molar-refractivity contribution in [1.82, 2.24) is 4.90 Å². The van der Waals surface area contributed by atoms with E-state index in [1.54, 1.807) is 6.07 Å². The van der Waals surface area contributed by atoms with E-state index in [9.17, 15) is 9.90 Å². The van der Waals surface area contributed by atoms with Gasteiger partial charge in [-0.05, 0) is 24.5 Å². The van der Waals surface area contributed by atoms with E-state index in [-0.39, 0.29) is 17.8 Å². The molecule has 1 saturated heterocycles. The van der Waals surface area contributed by atoms with E-state index in [1.165, 1.54) is 6.07 Å². The van der Waals surface area contributed by atoms with Crippen molar-refractivity contribution < 1.29 is 19.4 Å². The molecule has 94 valence electrons. The number of nitrogens with zero attached hydrogens (tertiary/aromatic N) is 1. The lowest BCUT2D eigenvalue weighted by Crippen LogP contribution is -2.41. The monoisotopic (exact) mass is 239 g/mol. The van der Waals surface area contributed by atoms with Crippen molar-refractivity contribution in [1.29, 1.82) is 0 Å². The topological polar surface area (TPSA) is 73.9 Å². The number of carboxylic acids is 1. The number of rotatable bonds is 3. The van der Waals surface area contributed by atoms with Crippen LogP contribution in [0.25, 0.3) is 0 Å². The van der Waals surface area contributed by atoms with Gasteiger partial charge in [0.15, 0.2) is 0 Å². The second-order valence-electron chi connectivity index (χ2n) is 4.64. The SMILES string of the molecule is CC1CN(Cc2ccc(C(=O)O)o2)CCC1O. The first-order valence-corrected chi connectivity index (χ1v) is 5.78. The van der Waals surface area contributed by atoms with Crippen LogP contribution in [-0.2, 0) is 6.54 Å². The zero-order valence-corrected chi connectivity index (χ0v) is 9.80. The number of aromatic carboxylic acids is 1. The van der Waals surface area contributed by atoms with Gasteiger partial charge in [0.05, 0.1) is 12.6 Å². The van der Waals surface area contributed by atoms with Gasteiger partial charge in [0.2, 0.25) is 5.76 Å². The van der Waals surface area contributed by atoms with E-state index in [1.807, 2.05) is 6.92 Å². The lowest BCUT2D eigenvalue weighted by Gasteiger charge is -2.33. The summed E-state index contributed by atoms with van der Waals surface area (Å²) in [6.45, 7) is 4.24. The molecule has 5 nitrogen and oxygen atoms in total. The normalized spacial score (nSPS) is 26.0. The molecule has 2 N–H and O–H groups in total. The molecule has 2 atom stereocenters. The number of piperidine rings is 1. The van der Waals surface area contributed by atoms with Gasteiger partial charge in [0, 0.05) is 13.1 Å². The Balaban J connectivity index is 1.94. The predicted octanol–water partition coefficient (Wildman–Crippen LogP) is 1.18. The van der Waals surface area contributed by atoms with Gasteiger partial charge in [0.1, 0.15) is 5.76 Å². The molecule has 0 aromatic carbocycles. The third kappa shape index (κ3) is 2.87. The fourth-order valence-corrected chi connectivity index (χ4v) is 2.16. The van der Waals surface area contributed by atoms with Gasteiger partial charge in [-0.2, -0.15) is 0 Å². The summed E-state index contributed by atoms with van der Waals surface area (Å²) in [6.07, 6.45) is 0.533. The average molecular weight is 239 g/mol. The Hall–Kier alpha value is -1.33. The molecular weight excluding hydrogens is 222 g/mol. The zero-order valence-electron chi connectivity index (χ0n) is 9.80. The lowest BCUT2D eigenvalue weighted by molar-refractivity contribution is 0.0293. The van der Waals surface area contributed by atoms with E-state index < -0.39 is 5.97 Å². The minimum atomic E-state index is -1.04. The molecule has 5 heteroatoms. The van der Waals surface area contributed by atoms with Crippen LogP contribution < -0.4 is 0 Å². The third-order valence-corrected chi connectivity index (χ3v) is 3.20. The van der Waals surface area contributed by atoms with E-state index in [0.29, 0.717) is 12.3 Å². The maximum absolute atomic E-state index is 10.7. The van der Waals surface area contributed by atoms with Crippen LogP contribution in [0.1, 0.15) is 29.7 Å². The first-order valence-electron chi connectivity index (χ1n) is 5.78. The van der Waals surface area contributed by atoms with Crippen LogP contribution >= 0.6 is 0 Å². The van der Waals surface area contributed by atoms with Crippen molar-refractivity contribution in [2.75, 3.05) is 13.1 Å². The number of furan rings is 1. The van der Waals surface area contributed by atoms with Crippen LogP contribution in [-0.4, -0.2) is 40.3 Å². The number of likely N-dealkylation sites (tertiary alicyclic amines) is 1. The number of hydrogen-bond acceptors (Lipinski definition) is 4. The minimum absolute atomic E-state index is 0.0231. The summed E-state index contributed by atoms with van der Waals surface area (Å²) in [5.74, 6) is -0.160. The van der Waals surface area contributed by atoms with Gasteiger partial charge < -0.3 is 14.6 Å². The van der Waals surface area contributed by atoms with Crippen LogP contribution in [0.2, 0.25) is 0 Å². The summed E-state index contributed by atoms with van der Waals surface area (Å²) in [7, 11) is 0. The summed E-state index contributed by atoms with van der Waals surface area (Å²) in [5, 5.41) is 18.4. The molecule has 17 heavy (non-hydrogen) atoms. The molecular formula is C12H17NO4. The number of hydrogen-bond donors (Lipinski definition) is 2. The van der Waals surface area contributed by atoms with Crippen LogP contribution in [0.15, 0.2) is 16.5 Å². The Kier molecular flexibility index (Phi) is 3.49. The molecule has 2 unspecified atom stereocenters. The first-order chi connectivity index (χ1) is 8.06. The van der Waals surface area contributed by atoms with E-state index >= 15 is 0 Å². The molecule has 0 aliphatic carbocycles. The quantitative estimate of drug-likeness (QED) is 0.828. The summed E-state index contributed by atoms with van der Waals surface area (Å²) >= 11 is 0. The molecule has 2 heterocycles. The van der Waals surface area contributed by atoms with Gasteiger partial charge >= 0.3 is 5.97 Å². The maximum Gasteiger partial charge on any atom is 0.371 e. The third-order valence-electron chi connectivity index (χ3n) is 3.20. The molecule has 1 aliphatic rings. The molecule has 1 aliphatic heterocycles. The molecule has 0 radical (unpaired) electrons. The zero-order chi connectivity index (χ0) is 12.4. The van der Waals surface area contributed by atoms with Crippen molar-refractivity contribution in [2.24, 2.45) is 5.92 Å². The van der Waals surface area contributed by atoms with Crippen LogP contribution in [0.5, 0.6) is 0 Å². The van der Waals surface area contributed by atoms with Crippen molar-refractivity contribution in [2.45, 2.75) is 26.0 Å². The second-order valence-corrected chi connectivity index (χ2v) is 4.64. The van der Waals surface area contributed by atoms with Crippen molar-refractivity contribution >= 4 is 5.97 Å². The maximum atomic E-state index is 10.7. The Morgan fingerprint density at radius 1 is 1.59 bits per heavy atom. The smallest absolute Gasteiger partial charge is 0.371 e. The summed E-state index contributed by atoms with van der Waals surface area (Å²) in [5.41, 5.74) is 0. The number of carbonyl (C=O) groups is 1. The number of aliphatic hydroxyl groups is 1. The highest BCUT2D eigenvalue weighted by Crippen LogP contribution is 2.19. The number of carboxylic acid groups (broad SMARTS) is 1. The fraction of sp³-hybridized carbons (Fsp3) is 0.583. The van der Waals surface area contributed by atoms with E-state index in [0.717, 1.165) is 19.5 Å². The lowest BCUT2D eigenvalue weighted by atomic mass is 9.97. The Morgan fingerprint density at radius 2 is 2.35 bits per heavy atom. The van der Waals surface area contributed by atoms with Gasteiger partial charge in [-0.1, -0.05) is 6.92 Å². The molecule has 0 bridgehead atoms. The molecule has 0 amide bonds. The van der Waals surface area contributed by atoms with Gasteiger partial charge in [0.25, 0.3) is 0 Å². The number of aliphatic hydroxyl groups excluding tert-OH is 1. The van der Waals surface area contributed by atoms with Crippen molar-refractivity contribution in [3.8, 4) is 0 Å². The summed E-state index contributed by atoms with van der Waals surface area (Å²) in [4.78, 5) is 12.8. The highest BCUT2D eigenvalue weighted by Gasteiger charge is 2.24. The molecule has 1 aromatic rings. The molecule has 1 fully saturated rings. The Labute approximate surface area is 99.6 Å². The highest BCUT2D eigenvalue weighted by molar-refractivity contribution is 5.84. The van der Waals surface area contributed by atoms with Crippen LogP contribution in [0, 0.1) is 5.92 Å². The Bertz CT molecular complexity index is 401. The Morgan fingerprint density at radius 3 is 2.94 bits per heavy atom. The van der Waals surface area contributed by atoms with Crippen molar-refractivity contribution in [3.05, 3.63) is 23.7 Å². The minimum Gasteiger partial charge on any atom is -0.475 e. The van der Waals surface area contributed by atoms with Crippen LogP contribution in [0.3, 0.4) is 0 Å².